The maximum absolute atomic E-state index is 3.67. The normalized spacial score (nSPS) is 32.4. The highest BCUT2D eigenvalue weighted by molar-refractivity contribution is 4.84. The van der Waals surface area contributed by atoms with Crippen LogP contribution in [0, 0.1) is 17.8 Å². The third-order valence-corrected chi connectivity index (χ3v) is 4.76. The van der Waals surface area contributed by atoms with Gasteiger partial charge in [0.2, 0.25) is 0 Å². The summed E-state index contributed by atoms with van der Waals surface area (Å²) in [6.07, 6.45) is 12.1. The van der Waals surface area contributed by atoms with Crippen molar-refractivity contribution < 1.29 is 0 Å². The largest absolute Gasteiger partial charge is 0.314 e. The summed E-state index contributed by atoms with van der Waals surface area (Å²) in [6, 6.07) is 0.658. The van der Waals surface area contributed by atoms with Gasteiger partial charge in [0, 0.05) is 6.04 Å². The summed E-state index contributed by atoms with van der Waals surface area (Å²) in [4.78, 5) is 0. The van der Waals surface area contributed by atoms with Crippen LogP contribution in [0.25, 0.3) is 0 Å². The predicted octanol–water partition coefficient (Wildman–Crippen LogP) is 3.98. The van der Waals surface area contributed by atoms with Crippen LogP contribution >= 0.6 is 0 Å². The average molecular weight is 223 g/mol. The quantitative estimate of drug-likeness (QED) is 0.760. The van der Waals surface area contributed by atoms with Crippen molar-refractivity contribution in [1.82, 2.24) is 5.32 Å². The van der Waals surface area contributed by atoms with Crippen molar-refractivity contribution >= 4 is 0 Å². The molecule has 0 aromatic heterocycles. The molecule has 1 N–H and O–H groups in total. The molecular weight excluding hydrogens is 194 g/mol. The second kappa shape index (κ2) is 6.05. The van der Waals surface area contributed by atoms with Gasteiger partial charge in [-0.3, -0.25) is 0 Å². The lowest BCUT2D eigenvalue weighted by Gasteiger charge is -2.36. The maximum Gasteiger partial charge on any atom is 0.00104 e. The fraction of sp³-hybridized carbons (Fsp3) is 1.00. The molecule has 0 aromatic carbocycles. The molecule has 2 aliphatic carbocycles. The van der Waals surface area contributed by atoms with Crippen molar-refractivity contribution in [3.8, 4) is 0 Å². The fourth-order valence-corrected chi connectivity index (χ4v) is 3.88. The topological polar surface area (TPSA) is 12.0 Å². The Morgan fingerprint density at radius 2 is 1.56 bits per heavy atom. The van der Waals surface area contributed by atoms with Crippen molar-refractivity contribution in [3.05, 3.63) is 0 Å². The second-order valence-electron chi connectivity index (χ2n) is 6.32. The van der Waals surface area contributed by atoms with E-state index in [1.165, 1.54) is 57.9 Å². The first kappa shape index (κ1) is 12.4. The van der Waals surface area contributed by atoms with Gasteiger partial charge in [-0.05, 0) is 37.1 Å². The molecular formula is C15H29N. The molecule has 2 atom stereocenters. The number of hydrogen-bond acceptors (Lipinski definition) is 1. The van der Waals surface area contributed by atoms with Crippen LogP contribution in [0.15, 0.2) is 0 Å². The maximum atomic E-state index is 3.67. The van der Waals surface area contributed by atoms with Gasteiger partial charge in [0.25, 0.3) is 0 Å². The molecule has 2 aliphatic rings. The van der Waals surface area contributed by atoms with Gasteiger partial charge in [0.1, 0.15) is 0 Å². The third-order valence-electron chi connectivity index (χ3n) is 4.76. The summed E-state index contributed by atoms with van der Waals surface area (Å²) in [5.41, 5.74) is 0. The second-order valence-corrected chi connectivity index (χ2v) is 6.32. The van der Waals surface area contributed by atoms with E-state index in [0.717, 1.165) is 17.8 Å². The molecule has 16 heavy (non-hydrogen) atoms. The first-order valence-corrected chi connectivity index (χ1v) is 7.50. The summed E-state index contributed by atoms with van der Waals surface area (Å²) >= 11 is 0. The van der Waals surface area contributed by atoms with E-state index in [9.17, 15) is 0 Å². The Hall–Kier alpha value is -0.0400. The van der Waals surface area contributed by atoms with Crippen LogP contribution in [0.2, 0.25) is 0 Å². The monoisotopic (exact) mass is 223 g/mol. The van der Waals surface area contributed by atoms with Gasteiger partial charge >= 0.3 is 0 Å². The van der Waals surface area contributed by atoms with Crippen LogP contribution in [-0.2, 0) is 0 Å². The van der Waals surface area contributed by atoms with Crippen LogP contribution in [0.3, 0.4) is 0 Å². The summed E-state index contributed by atoms with van der Waals surface area (Å²) in [5, 5.41) is 3.67. The van der Waals surface area contributed by atoms with Gasteiger partial charge in [0.05, 0.1) is 0 Å². The zero-order valence-corrected chi connectivity index (χ0v) is 11.2. The summed E-state index contributed by atoms with van der Waals surface area (Å²) in [6.45, 7) is 5.82. The molecule has 0 saturated heterocycles. The molecule has 0 heterocycles. The van der Waals surface area contributed by atoms with E-state index in [4.69, 9.17) is 0 Å². The third kappa shape index (κ3) is 3.23. The number of hydrogen-bond donors (Lipinski definition) is 1. The first-order valence-electron chi connectivity index (χ1n) is 7.50. The average Bonchev–Trinajstić information content (AvgIpc) is 2.80. The van der Waals surface area contributed by atoms with E-state index in [2.05, 4.69) is 19.2 Å². The van der Waals surface area contributed by atoms with Gasteiger partial charge in [-0.25, -0.2) is 0 Å². The van der Waals surface area contributed by atoms with Crippen LogP contribution in [-0.4, -0.2) is 12.6 Å². The fourth-order valence-electron chi connectivity index (χ4n) is 3.88. The molecule has 2 unspecified atom stereocenters. The van der Waals surface area contributed by atoms with Crippen molar-refractivity contribution in [1.29, 1.82) is 0 Å². The Morgan fingerprint density at radius 1 is 0.938 bits per heavy atom. The molecule has 0 amide bonds. The van der Waals surface area contributed by atoms with Crippen molar-refractivity contribution in [2.75, 3.05) is 6.54 Å². The highest BCUT2D eigenvalue weighted by Gasteiger charge is 2.32. The number of rotatable bonds is 4. The van der Waals surface area contributed by atoms with Crippen LogP contribution < -0.4 is 5.32 Å². The zero-order chi connectivity index (χ0) is 11.4. The predicted molar refractivity (Wildman–Crippen MR) is 70.5 cm³/mol. The Morgan fingerprint density at radius 3 is 2.25 bits per heavy atom. The lowest BCUT2D eigenvalue weighted by atomic mass is 9.71. The summed E-state index contributed by atoms with van der Waals surface area (Å²) in [7, 11) is 0. The van der Waals surface area contributed by atoms with E-state index >= 15 is 0 Å². The zero-order valence-electron chi connectivity index (χ0n) is 11.2. The molecule has 0 aromatic rings. The lowest BCUT2D eigenvalue weighted by molar-refractivity contribution is 0.157. The van der Waals surface area contributed by atoms with Gasteiger partial charge < -0.3 is 5.32 Å². The van der Waals surface area contributed by atoms with Crippen molar-refractivity contribution in [2.45, 2.75) is 71.3 Å². The first-order chi connectivity index (χ1) is 7.77. The molecule has 0 aliphatic heterocycles. The van der Waals surface area contributed by atoms with Crippen molar-refractivity contribution in [2.24, 2.45) is 17.8 Å². The number of nitrogens with one attached hydrogen (secondary N) is 1. The van der Waals surface area contributed by atoms with E-state index in [1.807, 2.05) is 0 Å². The van der Waals surface area contributed by atoms with Gasteiger partial charge in [-0.15, -0.1) is 0 Å². The molecule has 1 nitrogen and oxygen atoms in total. The van der Waals surface area contributed by atoms with E-state index in [1.54, 1.807) is 0 Å². The van der Waals surface area contributed by atoms with E-state index in [-0.39, 0.29) is 0 Å². The van der Waals surface area contributed by atoms with E-state index < -0.39 is 0 Å². The van der Waals surface area contributed by atoms with Crippen molar-refractivity contribution in [3.63, 3.8) is 0 Å². The smallest absolute Gasteiger partial charge is 0.00104 e. The molecule has 0 radical (unpaired) electrons. The minimum atomic E-state index is 0.658. The highest BCUT2D eigenvalue weighted by Crippen LogP contribution is 2.42. The Balaban J connectivity index is 1.85. The highest BCUT2D eigenvalue weighted by atomic mass is 14.9. The molecule has 1 heteroatoms. The molecule has 2 rings (SSSR count). The molecule has 2 saturated carbocycles. The van der Waals surface area contributed by atoms with Gasteiger partial charge in [-0.1, -0.05) is 52.4 Å². The Bertz CT molecular complexity index is 194. The molecule has 0 spiro atoms. The van der Waals surface area contributed by atoms with Gasteiger partial charge in [-0.2, -0.15) is 0 Å². The minimum absolute atomic E-state index is 0.658. The summed E-state index contributed by atoms with van der Waals surface area (Å²) < 4.78 is 0. The molecule has 94 valence electrons. The SMILES string of the molecule is CC(C)NCC1CCCCC1C1CCCC1. The lowest BCUT2D eigenvalue weighted by Crippen LogP contribution is -2.36. The summed E-state index contributed by atoms with van der Waals surface area (Å²) in [5.74, 6) is 3.13. The molecule has 2 fully saturated rings. The molecule has 0 bridgehead atoms. The van der Waals surface area contributed by atoms with Crippen LogP contribution in [0.1, 0.15) is 65.2 Å². The minimum Gasteiger partial charge on any atom is -0.314 e. The Kier molecular flexibility index (Phi) is 4.69. The standard InChI is InChI=1S/C15H29N/c1-12(2)16-11-14-9-5-6-10-15(14)13-7-3-4-8-13/h12-16H,3-11H2,1-2H3. The Labute approximate surface area is 101 Å². The van der Waals surface area contributed by atoms with Gasteiger partial charge in [0.15, 0.2) is 0 Å². The van der Waals surface area contributed by atoms with Crippen LogP contribution in [0.4, 0.5) is 0 Å². The van der Waals surface area contributed by atoms with E-state index in [0.29, 0.717) is 6.04 Å². The van der Waals surface area contributed by atoms with Crippen LogP contribution in [0.5, 0.6) is 0 Å².